The molecule has 1 N–H and O–H groups in total. The van der Waals surface area contributed by atoms with E-state index in [-0.39, 0.29) is 16.8 Å². The van der Waals surface area contributed by atoms with Crippen LogP contribution in [0.25, 0.3) is 0 Å². The first-order chi connectivity index (χ1) is 12.3. The Labute approximate surface area is 158 Å². The summed E-state index contributed by atoms with van der Waals surface area (Å²) in [6.07, 6.45) is 0.707. The molecule has 0 spiro atoms. The summed E-state index contributed by atoms with van der Waals surface area (Å²) in [5, 5.41) is 3.58. The van der Waals surface area contributed by atoms with Gasteiger partial charge in [-0.15, -0.1) is 0 Å². The zero-order valence-electron chi connectivity index (χ0n) is 14.8. The van der Waals surface area contributed by atoms with Crippen molar-refractivity contribution in [2.24, 2.45) is 0 Å². The minimum atomic E-state index is -3.74. The molecule has 8 heteroatoms. The number of hydrogen-bond donors (Lipinski definition) is 1. The van der Waals surface area contributed by atoms with Gasteiger partial charge in [0.25, 0.3) is 15.9 Å². The third-order valence-electron chi connectivity index (χ3n) is 4.00. The molecule has 140 valence electrons. The maximum atomic E-state index is 12.5. The second kappa shape index (κ2) is 8.64. The Morgan fingerprint density at radius 1 is 1.15 bits per heavy atom. The van der Waals surface area contributed by atoms with Crippen LogP contribution in [0.5, 0.6) is 0 Å². The van der Waals surface area contributed by atoms with E-state index >= 15 is 0 Å². The fourth-order valence-corrected chi connectivity index (χ4v) is 3.48. The summed E-state index contributed by atoms with van der Waals surface area (Å²) in [5.74, 6) is -0.282. The van der Waals surface area contributed by atoms with E-state index in [4.69, 9.17) is 16.4 Å². The molecule has 0 aliphatic heterocycles. The topological polar surface area (TPSA) is 75.7 Å². The van der Waals surface area contributed by atoms with Crippen LogP contribution in [0.4, 0.5) is 0 Å². The lowest BCUT2D eigenvalue weighted by Gasteiger charge is -2.18. The van der Waals surface area contributed by atoms with Crippen LogP contribution in [0.3, 0.4) is 0 Å². The minimum Gasteiger partial charge on any atom is -0.345 e. The first kappa shape index (κ1) is 20.4. The monoisotopic (exact) mass is 396 g/mol. The Kier molecular flexibility index (Phi) is 6.77. The van der Waals surface area contributed by atoms with Crippen molar-refractivity contribution in [3.05, 3.63) is 64.7 Å². The van der Waals surface area contributed by atoms with Crippen molar-refractivity contribution >= 4 is 27.5 Å². The van der Waals surface area contributed by atoms with Gasteiger partial charge in [0.2, 0.25) is 0 Å². The SMILES string of the molecule is CCC(NC(=O)c1ccc(S(=O)(=O)N(C)OC)cc1)c1ccc(Cl)cc1. The van der Waals surface area contributed by atoms with Crippen LogP contribution in [0.2, 0.25) is 5.02 Å². The average Bonchev–Trinajstić information content (AvgIpc) is 2.66. The van der Waals surface area contributed by atoms with E-state index in [1.54, 1.807) is 12.1 Å². The largest absolute Gasteiger partial charge is 0.345 e. The van der Waals surface area contributed by atoms with Gasteiger partial charge in [0.15, 0.2) is 0 Å². The second-order valence-electron chi connectivity index (χ2n) is 5.61. The van der Waals surface area contributed by atoms with E-state index in [0.717, 1.165) is 10.0 Å². The molecular weight excluding hydrogens is 376 g/mol. The van der Waals surface area contributed by atoms with Gasteiger partial charge in [-0.25, -0.2) is 8.42 Å². The van der Waals surface area contributed by atoms with E-state index in [0.29, 0.717) is 17.0 Å². The van der Waals surface area contributed by atoms with Crippen molar-refractivity contribution in [3.8, 4) is 0 Å². The second-order valence-corrected chi connectivity index (χ2v) is 7.98. The van der Waals surface area contributed by atoms with Crippen LogP contribution >= 0.6 is 11.6 Å². The number of hydrogen-bond acceptors (Lipinski definition) is 4. The maximum Gasteiger partial charge on any atom is 0.264 e. The molecule has 1 unspecified atom stereocenters. The first-order valence-electron chi connectivity index (χ1n) is 7.99. The summed E-state index contributed by atoms with van der Waals surface area (Å²) in [7, 11) is -1.17. The van der Waals surface area contributed by atoms with E-state index in [9.17, 15) is 13.2 Å². The predicted molar refractivity (Wildman–Crippen MR) is 100 cm³/mol. The molecule has 0 fully saturated rings. The molecule has 2 aromatic rings. The average molecular weight is 397 g/mol. The Morgan fingerprint density at radius 2 is 1.73 bits per heavy atom. The van der Waals surface area contributed by atoms with Gasteiger partial charge in [-0.2, -0.15) is 0 Å². The number of rotatable bonds is 7. The van der Waals surface area contributed by atoms with Crippen LogP contribution in [0, 0.1) is 0 Å². The zero-order chi connectivity index (χ0) is 19.3. The highest BCUT2D eigenvalue weighted by Crippen LogP contribution is 2.20. The molecule has 0 bridgehead atoms. The van der Waals surface area contributed by atoms with Crippen molar-refractivity contribution in [2.75, 3.05) is 14.2 Å². The Morgan fingerprint density at radius 3 is 2.23 bits per heavy atom. The molecule has 2 rings (SSSR count). The van der Waals surface area contributed by atoms with Gasteiger partial charge in [-0.1, -0.05) is 35.1 Å². The molecule has 0 radical (unpaired) electrons. The van der Waals surface area contributed by atoms with Crippen LogP contribution in [-0.4, -0.2) is 33.0 Å². The van der Waals surface area contributed by atoms with Crippen LogP contribution < -0.4 is 5.32 Å². The predicted octanol–water partition coefficient (Wildman–Crippen LogP) is 3.40. The number of benzene rings is 2. The number of nitrogens with one attached hydrogen (secondary N) is 1. The molecule has 0 saturated carbocycles. The van der Waals surface area contributed by atoms with Crippen LogP contribution in [0.15, 0.2) is 53.4 Å². The molecule has 26 heavy (non-hydrogen) atoms. The Balaban J connectivity index is 2.15. The number of carbonyl (C=O) groups is 1. The summed E-state index contributed by atoms with van der Waals surface area (Å²) in [4.78, 5) is 17.3. The molecule has 1 atom stereocenters. The van der Waals surface area contributed by atoms with E-state index in [1.165, 1.54) is 38.4 Å². The molecule has 2 aromatic carbocycles. The summed E-state index contributed by atoms with van der Waals surface area (Å²) in [5.41, 5.74) is 1.32. The fraction of sp³-hybridized carbons (Fsp3) is 0.278. The standard InChI is InChI=1S/C18H21ClN2O4S/c1-4-17(13-5-9-15(19)10-6-13)20-18(22)14-7-11-16(12-8-14)26(23,24)21(2)25-3/h5-12,17H,4H2,1-3H3,(H,20,22). The Bertz CT molecular complexity index is 852. The van der Waals surface area contributed by atoms with Crippen LogP contribution in [-0.2, 0) is 14.9 Å². The zero-order valence-corrected chi connectivity index (χ0v) is 16.3. The number of hydroxylamine groups is 1. The highest BCUT2D eigenvalue weighted by molar-refractivity contribution is 7.89. The van der Waals surface area contributed by atoms with Gasteiger partial charge >= 0.3 is 0 Å². The quantitative estimate of drug-likeness (QED) is 0.728. The third kappa shape index (κ3) is 4.62. The molecule has 0 saturated heterocycles. The minimum absolute atomic E-state index is 0.0446. The van der Waals surface area contributed by atoms with Gasteiger partial charge in [-0.05, 0) is 48.4 Å². The summed E-state index contributed by atoms with van der Waals surface area (Å²) in [6, 6.07) is 12.8. The number of amides is 1. The fourth-order valence-electron chi connectivity index (χ4n) is 2.38. The summed E-state index contributed by atoms with van der Waals surface area (Å²) >= 11 is 5.90. The van der Waals surface area contributed by atoms with Crippen LogP contribution in [0.1, 0.15) is 35.3 Å². The van der Waals surface area contributed by atoms with Crippen molar-refractivity contribution in [1.29, 1.82) is 0 Å². The van der Waals surface area contributed by atoms with Gasteiger partial charge in [0, 0.05) is 17.6 Å². The lowest BCUT2D eigenvalue weighted by molar-refractivity contribution is -0.0258. The highest BCUT2D eigenvalue weighted by Gasteiger charge is 2.21. The number of halogens is 1. The van der Waals surface area contributed by atoms with Crippen molar-refractivity contribution in [3.63, 3.8) is 0 Å². The third-order valence-corrected chi connectivity index (χ3v) is 5.94. The summed E-state index contributed by atoms with van der Waals surface area (Å²) in [6.45, 7) is 1.97. The van der Waals surface area contributed by atoms with Crippen molar-refractivity contribution in [1.82, 2.24) is 9.79 Å². The number of nitrogens with zero attached hydrogens (tertiary/aromatic N) is 1. The van der Waals surface area contributed by atoms with Gasteiger partial charge in [0.1, 0.15) is 0 Å². The normalized spacial score (nSPS) is 12.8. The molecule has 0 aliphatic carbocycles. The molecule has 6 nitrogen and oxygen atoms in total. The van der Waals surface area contributed by atoms with Gasteiger partial charge in [-0.3, -0.25) is 9.63 Å². The molecule has 0 aliphatic rings. The molecule has 0 heterocycles. The Hall–Kier alpha value is -1.93. The highest BCUT2D eigenvalue weighted by atomic mass is 35.5. The van der Waals surface area contributed by atoms with Crippen molar-refractivity contribution < 1.29 is 18.0 Å². The molecule has 1 amide bonds. The molecule has 0 aromatic heterocycles. The van der Waals surface area contributed by atoms with Crippen molar-refractivity contribution in [2.45, 2.75) is 24.3 Å². The summed E-state index contributed by atoms with van der Waals surface area (Å²) < 4.78 is 25.1. The number of carbonyl (C=O) groups excluding carboxylic acids is 1. The van der Waals surface area contributed by atoms with E-state index in [2.05, 4.69) is 5.32 Å². The van der Waals surface area contributed by atoms with E-state index < -0.39 is 10.0 Å². The smallest absolute Gasteiger partial charge is 0.264 e. The lowest BCUT2D eigenvalue weighted by atomic mass is 10.0. The number of sulfonamides is 1. The molecular formula is C18H21ClN2O4S. The van der Waals surface area contributed by atoms with Gasteiger partial charge < -0.3 is 5.32 Å². The first-order valence-corrected chi connectivity index (χ1v) is 9.80. The van der Waals surface area contributed by atoms with E-state index in [1.807, 2.05) is 19.1 Å². The maximum absolute atomic E-state index is 12.5. The van der Waals surface area contributed by atoms with Gasteiger partial charge in [0.05, 0.1) is 18.0 Å². The lowest BCUT2D eigenvalue weighted by Crippen LogP contribution is -2.28.